The Hall–Kier alpha value is -1.64. The molecular weight excluding hydrogens is 262 g/mol. The minimum Gasteiger partial charge on any atom is -0.320 e. The Bertz CT molecular complexity index is 710. The molecular formula is C18H19NS. The highest BCUT2D eigenvalue weighted by atomic mass is 32.1. The molecule has 0 radical (unpaired) electrons. The third kappa shape index (κ3) is 2.37. The van der Waals surface area contributed by atoms with Gasteiger partial charge in [0.15, 0.2) is 0 Å². The summed E-state index contributed by atoms with van der Waals surface area (Å²) in [5.74, 6) is 0.558. The van der Waals surface area contributed by atoms with Crippen molar-refractivity contribution >= 4 is 21.4 Å². The Morgan fingerprint density at radius 2 is 1.55 bits per heavy atom. The zero-order valence-corrected chi connectivity index (χ0v) is 12.7. The predicted octanol–water partition coefficient (Wildman–Crippen LogP) is 5.07. The first-order valence-electron chi connectivity index (χ1n) is 6.98. The summed E-state index contributed by atoms with van der Waals surface area (Å²) in [5, 5.41) is 3.46. The lowest BCUT2D eigenvalue weighted by Gasteiger charge is -2.13. The third-order valence-electron chi connectivity index (χ3n) is 3.81. The Kier molecular flexibility index (Phi) is 3.60. The largest absolute Gasteiger partial charge is 0.320 e. The Morgan fingerprint density at radius 1 is 0.900 bits per heavy atom. The molecule has 1 heterocycles. The van der Waals surface area contributed by atoms with E-state index >= 15 is 0 Å². The van der Waals surface area contributed by atoms with Crippen LogP contribution in [0.4, 0.5) is 0 Å². The quantitative estimate of drug-likeness (QED) is 0.712. The van der Waals surface area contributed by atoms with Gasteiger partial charge in [0.25, 0.3) is 0 Å². The van der Waals surface area contributed by atoms with Gasteiger partial charge in [-0.2, -0.15) is 0 Å². The maximum Gasteiger partial charge on any atom is 0.0566 e. The fourth-order valence-electron chi connectivity index (χ4n) is 2.51. The molecule has 1 atom stereocenters. The molecule has 1 nitrogen and oxygen atoms in total. The van der Waals surface area contributed by atoms with Crippen LogP contribution < -0.4 is 5.73 Å². The van der Waals surface area contributed by atoms with E-state index in [0.29, 0.717) is 5.92 Å². The molecule has 102 valence electrons. The molecule has 0 fully saturated rings. The van der Waals surface area contributed by atoms with Gasteiger partial charge >= 0.3 is 0 Å². The summed E-state index contributed by atoms with van der Waals surface area (Å²) >= 11 is 1.76. The molecule has 0 bridgehead atoms. The highest BCUT2D eigenvalue weighted by Crippen LogP contribution is 2.32. The van der Waals surface area contributed by atoms with Gasteiger partial charge in [-0.15, -0.1) is 11.3 Å². The Morgan fingerprint density at radius 3 is 2.25 bits per heavy atom. The van der Waals surface area contributed by atoms with E-state index in [1.807, 2.05) is 0 Å². The lowest BCUT2D eigenvalue weighted by Crippen LogP contribution is -2.11. The number of hydrogen-bond acceptors (Lipinski definition) is 2. The van der Waals surface area contributed by atoms with Crippen molar-refractivity contribution < 1.29 is 0 Å². The number of benzene rings is 2. The summed E-state index contributed by atoms with van der Waals surface area (Å²) in [6.07, 6.45) is 0. The summed E-state index contributed by atoms with van der Waals surface area (Å²) < 4.78 is 1.30. The minimum atomic E-state index is -0.0487. The monoisotopic (exact) mass is 281 g/mol. The fourth-order valence-corrected chi connectivity index (χ4v) is 3.50. The summed E-state index contributed by atoms with van der Waals surface area (Å²) in [5.41, 5.74) is 10.2. The molecule has 0 aliphatic heterocycles. The van der Waals surface area contributed by atoms with Crippen LogP contribution in [0.1, 0.15) is 42.5 Å². The molecule has 3 rings (SSSR count). The standard InChI is InChI=1S/C18H19NS/c1-12(2)13-7-9-14(10-8-13)18(19)16-11-20-17-6-4-3-5-15(16)17/h3-12,18H,19H2,1-2H3. The zero-order valence-electron chi connectivity index (χ0n) is 11.8. The smallest absolute Gasteiger partial charge is 0.0566 e. The van der Waals surface area contributed by atoms with E-state index in [1.54, 1.807) is 11.3 Å². The average molecular weight is 281 g/mol. The van der Waals surface area contributed by atoms with Crippen LogP contribution in [0.2, 0.25) is 0 Å². The minimum absolute atomic E-state index is 0.0487. The first-order chi connectivity index (χ1) is 9.66. The van der Waals surface area contributed by atoms with Crippen LogP contribution in [-0.2, 0) is 0 Å². The molecule has 2 N–H and O–H groups in total. The van der Waals surface area contributed by atoms with Crippen molar-refractivity contribution in [1.29, 1.82) is 0 Å². The van der Waals surface area contributed by atoms with Gasteiger partial charge < -0.3 is 5.73 Å². The first kappa shape index (κ1) is 13.3. The molecule has 20 heavy (non-hydrogen) atoms. The molecule has 1 aromatic heterocycles. The van der Waals surface area contributed by atoms with Crippen molar-refractivity contribution in [3.63, 3.8) is 0 Å². The average Bonchev–Trinajstić information content (AvgIpc) is 2.90. The summed E-state index contributed by atoms with van der Waals surface area (Å²) in [6, 6.07) is 17.1. The van der Waals surface area contributed by atoms with Crippen LogP contribution in [0.3, 0.4) is 0 Å². The summed E-state index contributed by atoms with van der Waals surface area (Å²) in [4.78, 5) is 0. The van der Waals surface area contributed by atoms with E-state index < -0.39 is 0 Å². The zero-order chi connectivity index (χ0) is 14.1. The molecule has 0 saturated heterocycles. The van der Waals surface area contributed by atoms with Crippen molar-refractivity contribution in [1.82, 2.24) is 0 Å². The van der Waals surface area contributed by atoms with E-state index in [-0.39, 0.29) is 6.04 Å². The van der Waals surface area contributed by atoms with Crippen molar-refractivity contribution in [3.05, 3.63) is 70.6 Å². The lowest BCUT2D eigenvalue weighted by atomic mass is 9.95. The SMILES string of the molecule is CC(C)c1ccc(C(N)c2csc3ccccc23)cc1. The van der Waals surface area contributed by atoms with Crippen LogP contribution in [0.5, 0.6) is 0 Å². The van der Waals surface area contributed by atoms with Crippen LogP contribution in [0, 0.1) is 0 Å². The molecule has 0 saturated carbocycles. The number of hydrogen-bond donors (Lipinski definition) is 1. The summed E-state index contributed by atoms with van der Waals surface area (Å²) in [6.45, 7) is 4.42. The van der Waals surface area contributed by atoms with Gasteiger partial charge in [-0.25, -0.2) is 0 Å². The molecule has 2 heteroatoms. The highest BCUT2D eigenvalue weighted by molar-refractivity contribution is 7.17. The molecule has 0 aliphatic rings. The maximum absolute atomic E-state index is 6.46. The number of nitrogens with two attached hydrogens (primary N) is 1. The normalized spacial score (nSPS) is 13.0. The van der Waals surface area contributed by atoms with Gasteiger partial charge in [-0.3, -0.25) is 0 Å². The second kappa shape index (κ2) is 5.39. The van der Waals surface area contributed by atoms with Crippen molar-refractivity contribution in [2.75, 3.05) is 0 Å². The molecule has 0 spiro atoms. The molecule has 0 amide bonds. The van der Waals surface area contributed by atoms with E-state index in [0.717, 1.165) is 0 Å². The van der Waals surface area contributed by atoms with E-state index in [9.17, 15) is 0 Å². The van der Waals surface area contributed by atoms with Crippen molar-refractivity contribution in [2.45, 2.75) is 25.8 Å². The molecule has 1 unspecified atom stereocenters. The predicted molar refractivity (Wildman–Crippen MR) is 88.4 cm³/mol. The lowest BCUT2D eigenvalue weighted by molar-refractivity contribution is 0.852. The van der Waals surface area contributed by atoms with Crippen LogP contribution in [0.25, 0.3) is 10.1 Å². The highest BCUT2D eigenvalue weighted by Gasteiger charge is 2.13. The first-order valence-corrected chi connectivity index (χ1v) is 7.86. The molecule has 0 aliphatic carbocycles. The van der Waals surface area contributed by atoms with Crippen molar-refractivity contribution in [3.8, 4) is 0 Å². The van der Waals surface area contributed by atoms with E-state index in [4.69, 9.17) is 5.73 Å². The van der Waals surface area contributed by atoms with E-state index in [1.165, 1.54) is 26.8 Å². The van der Waals surface area contributed by atoms with Gasteiger partial charge in [0.1, 0.15) is 0 Å². The second-order valence-electron chi connectivity index (χ2n) is 5.49. The Balaban J connectivity index is 1.97. The van der Waals surface area contributed by atoms with Crippen LogP contribution in [0.15, 0.2) is 53.9 Å². The van der Waals surface area contributed by atoms with Gasteiger partial charge in [-0.05, 0) is 39.4 Å². The molecule has 3 aromatic rings. The molecule has 2 aromatic carbocycles. The van der Waals surface area contributed by atoms with Gasteiger partial charge in [0.05, 0.1) is 6.04 Å². The third-order valence-corrected chi connectivity index (χ3v) is 4.79. The van der Waals surface area contributed by atoms with Crippen LogP contribution in [-0.4, -0.2) is 0 Å². The maximum atomic E-state index is 6.46. The fraction of sp³-hybridized carbons (Fsp3) is 0.222. The Labute approximate surface area is 124 Å². The summed E-state index contributed by atoms with van der Waals surface area (Å²) in [7, 11) is 0. The van der Waals surface area contributed by atoms with Crippen molar-refractivity contribution in [2.24, 2.45) is 5.73 Å². The number of rotatable bonds is 3. The van der Waals surface area contributed by atoms with Gasteiger partial charge in [0, 0.05) is 4.70 Å². The van der Waals surface area contributed by atoms with Gasteiger partial charge in [-0.1, -0.05) is 56.3 Å². The number of thiophene rings is 1. The topological polar surface area (TPSA) is 26.0 Å². The second-order valence-corrected chi connectivity index (χ2v) is 6.40. The van der Waals surface area contributed by atoms with Crippen LogP contribution >= 0.6 is 11.3 Å². The van der Waals surface area contributed by atoms with E-state index in [2.05, 4.69) is 67.8 Å². The van der Waals surface area contributed by atoms with Gasteiger partial charge in [0.2, 0.25) is 0 Å². The number of fused-ring (bicyclic) bond motifs is 1.